The highest BCUT2D eigenvalue weighted by atomic mass is 35.5. The summed E-state index contributed by atoms with van der Waals surface area (Å²) in [6.45, 7) is 5.83. The van der Waals surface area contributed by atoms with Crippen molar-refractivity contribution in [3.63, 3.8) is 0 Å². The standard InChI is InChI=1S/C18H27ClN2.C2H2O4/c19-18-10-6-5-7-16(18)15-20-11-13-21(14-12-20)17-8-3-1-2-4-9-17;3-1(4)2(5)6/h5-7,10,17H,1-4,8-9,11-15H2;(H,3,4)(H,5,6). The summed E-state index contributed by atoms with van der Waals surface area (Å²) < 4.78 is 0. The van der Waals surface area contributed by atoms with E-state index >= 15 is 0 Å². The van der Waals surface area contributed by atoms with Crippen molar-refractivity contribution in [3.8, 4) is 0 Å². The minimum atomic E-state index is -1.82. The van der Waals surface area contributed by atoms with Crippen LogP contribution < -0.4 is 0 Å². The third-order valence-corrected chi connectivity index (χ3v) is 5.65. The molecule has 0 spiro atoms. The topological polar surface area (TPSA) is 81.1 Å². The summed E-state index contributed by atoms with van der Waals surface area (Å²) in [5.74, 6) is -3.65. The molecule has 2 aliphatic rings. The average Bonchev–Trinajstić information content (AvgIpc) is 2.94. The van der Waals surface area contributed by atoms with Gasteiger partial charge in [0.1, 0.15) is 0 Å². The lowest BCUT2D eigenvalue weighted by Crippen LogP contribution is -2.49. The lowest BCUT2D eigenvalue weighted by atomic mass is 10.1. The largest absolute Gasteiger partial charge is 0.473 e. The van der Waals surface area contributed by atoms with E-state index in [0.717, 1.165) is 17.6 Å². The van der Waals surface area contributed by atoms with Crippen LogP contribution in [-0.2, 0) is 16.1 Å². The van der Waals surface area contributed by atoms with Gasteiger partial charge in [0.05, 0.1) is 0 Å². The zero-order valence-corrected chi connectivity index (χ0v) is 16.4. The molecule has 0 unspecified atom stereocenters. The van der Waals surface area contributed by atoms with E-state index < -0.39 is 11.9 Å². The minimum Gasteiger partial charge on any atom is -0.473 e. The fourth-order valence-electron chi connectivity index (χ4n) is 3.78. The second-order valence-corrected chi connectivity index (χ2v) is 7.57. The normalized spacial score (nSPS) is 19.6. The monoisotopic (exact) mass is 396 g/mol. The molecule has 0 bridgehead atoms. The number of benzene rings is 1. The molecule has 1 aromatic carbocycles. The molecule has 0 radical (unpaired) electrons. The van der Waals surface area contributed by atoms with Crippen molar-refractivity contribution in [2.24, 2.45) is 0 Å². The summed E-state index contributed by atoms with van der Waals surface area (Å²) in [5, 5.41) is 15.7. The molecule has 2 N–H and O–H groups in total. The molecule has 1 saturated heterocycles. The Labute approximate surface area is 165 Å². The highest BCUT2D eigenvalue weighted by Crippen LogP contribution is 2.24. The number of nitrogens with zero attached hydrogens (tertiary/aromatic N) is 2. The van der Waals surface area contributed by atoms with Crippen LogP contribution in [0, 0.1) is 0 Å². The van der Waals surface area contributed by atoms with Crippen LogP contribution in [0.5, 0.6) is 0 Å². The molecule has 1 saturated carbocycles. The van der Waals surface area contributed by atoms with Gasteiger partial charge in [-0.3, -0.25) is 9.80 Å². The van der Waals surface area contributed by atoms with E-state index in [1.165, 1.54) is 70.3 Å². The number of carboxylic acid groups (broad SMARTS) is 2. The van der Waals surface area contributed by atoms with Gasteiger partial charge in [-0.25, -0.2) is 9.59 Å². The first kappa shape index (κ1) is 21.7. The molecule has 27 heavy (non-hydrogen) atoms. The fraction of sp³-hybridized carbons (Fsp3) is 0.600. The first-order chi connectivity index (χ1) is 13.0. The van der Waals surface area contributed by atoms with E-state index in [1.54, 1.807) is 0 Å². The van der Waals surface area contributed by atoms with Crippen LogP contribution in [-0.4, -0.2) is 64.2 Å². The molecule has 1 aliphatic heterocycles. The molecule has 1 aromatic rings. The number of carbonyl (C=O) groups is 2. The number of rotatable bonds is 3. The molecular weight excluding hydrogens is 368 g/mol. The second-order valence-electron chi connectivity index (χ2n) is 7.16. The van der Waals surface area contributed by atoms with Gasteiger partial charge in [-0.15, -0.1) is 0 Å². The molecule has 0 aromatic heterocycles. The summed E-state index contributed by atoms with van der Waals surface area (Å²) >= 11 is 6.27. The Hall–Kier alpha value is -1.63. The molecule has 2 fully saturated rings. The Morgan fingerprint density at radius 1 is 0.926 bits per heavy atom. The molecule has 6 nitrogen and oxygen atoms in total. The molecule has 3 rings (SSSR count). The Balaban J connectivity index is 0.000000380. The molecule has 1 aliphatic carbocycles. The van der Waals surface area contributed by atoms with E-state index in [4.69, 9.17) is 31.4 Å². The van der Waals surface area contributed by atoms with Crippen molar-refractivity contribution in [2.45, 2.75) is 51.1 Å². The zero-order valence-electron chi connectivity index (χ0n) is 15.6. The second kappa shape index (κ2) is 11.3. The third-order valence-electron chi connectivity index (χ3n) is 5.28. The predicted molar refractivity (Wildman–Crippen MR) is 105 cm³/mol. The quantitative estimate of drug-likeness (QED) is 0.602. The van der Waals surface area contributed by atoms with Crippen LogP contribution in [0.15, 0.2) is 24.3 Å². The number of carboxylic acids is 2. The molecule has 7 heteroatoms. The number of aliphatic carboxylic acids is 2. The van der Waals surface area contributed by atoms with Gasteiger partial charge in [-0.1, -0.05) is 55.5 Å². The average molecular weight is 397 g/mol. The molecule has 1 heterocycles. The van der Waals surface area contributed by atoms with Crippen LogP contribution in [0.2, 0.25) is 5.02 Å². The van der Waals surface area contributed by atoms with Crippen LogP contribution in [0.1, 0.15) is 44.1 Å². The maximum Gasteiger partial charge on any atom is 0.414 e. The number of hydrogen-bond donors (Lipinski definition) is 2. The van der Waals surface area contributed by atoms with E-state index in [9.17, 15) is 0 Å². The van der Waals surface area contributed by atoms with Crippen molar-refractivity contribution in [1.29, 1.82) is 0 Å². The van der Waals surface area contributed by atoms with Crippen LogP contribution in [0.4, 0.5) is 0 Å². The molecule has 0 amide bonds. The molecular formula is C20H29ClN2O4. The van der Waals surface area contributed by atoms with E-state index in [2.05, 4.69) is 21.9 Å². The van der Waals surface area contributed by atoms with Gasteiger partial charge in [0.15, 0.2) is 0 Å². The van der Waals surface area contributed by atoms with Crippen LogP contribution in [0.25, 0.3) is 0 Å². The van der Waals surface area contributed by atoms with Gasteiger partial charge < -0.3 is 10.2 Å². The Bertz CT molecular complexity index is 598. The Morgan fingerprint density at radius 3 is 2.00 bits per heavy atom. The smallest absolute Gasteiger partial charge is 0.414 e. The van der Waals surface area contributed by atoms with Gasteiger partial charge in [-0.05, 0) is 24.5 Å². The fourth-order valence-corrected chi connectivity index (χ4v) is 3.97. The van der Waals surface area contributed by atoms with Gasteiger partial charge in [0.25, 0.3) is 0 Å². The number of halogens is 1. The Kier molecular flexibility index (Phi) is 9.04. The van der Waals surface area contributed by atoms with Crippen molar-refractivity contribution in [1.82, 2.24) is 9.80 Å². The van der Waals surface area contributed by atoms with Gasteiger partial charge in [0.2, 0.25) is 0 Å². The van der Waals surface area contributed by atoms with Gasteiger partial charge in [-0.2, -0.15) is 0 Å². The van der Waals surface area contributed by atoms with Crippen molar-refractivity contribution in [2.75, 3.05) is 26.2 Å². The lowest BCUT2D eigenvalue weighted by Gasteiger charge is -2.39. The zero-order chi connectivity index (χ0) is 19.6. The summed E-state index contributed by atoms with van der Waals surface area (Å²) in [4.78, 5) is 23.5. The van der Waals surface area contributed by atoms with E-state index in [1.807, 2.05) is 12.1 Å². The Morgan fingerprint density at radius 2 is 1.48 bits per heavy atom. The van der Waals surface area contributed by atoms with Crippen LogP contribution >= 0.6 is 11.6 Å². The van der Waals surface area contributed by atoms with E-state index in [0.29, 0.717) is 0 Å². The molecule has 150 valence electrons. The van der Waals surface area contributed by atoms with Crippen molar-refractivity contribution < 1.29 is 19.8 Å². The van der Waals surface area contributed by atoms with Crippen molar-refractivity contribution in [3.05, 3.63) is 34.9 Å². The predicted octanol–water partition coefficient (Wildman–Crippen LogP) is 3.34. The summed E-state index contributed by atoms with van der Waals surface area (Å²) in [5.41, 5.74) is 1.27. The highest BCUT2D eigenvalue weighted by molar-refractivity contribution is 6.31. The van der Waals surface area contributed by atoms with Crippen LogP contribution in [0.3, 0.4) is 0 Å². The summed E-state index contributed by atoms with van der Waals surface area (Å²) in [6.07, 6.45) is 8.61. The van der Waals surface area contributed by atoms with Gasteiger partial charge >= 0.3 is 11.9 Å². The lowest BCUT2D eigenvalue weighted by molar-refractivity contribution is -0.159. The summed E-state index contributed by atoms with van der Waals surface area (Å²) in [6, 6.07) is 9.10. The summed E-state index contributed by atoms with van der Waals surface area (Å²) in [7, 11) is 0. The first-order valence-corrected chi connectivity index (χ1v) is 10.0. The SMILES string of the molecule is Clc1ccccc1CN1CCN(C2CCCCCC2)CC1.O=C(O)C(=O)O. The maximum absolute atomic E-state index is 9.10. The number of piperazine rings is 1. The maximum atomic E-state index is 9.10. The minimum absolute atomic E-state index is 0.856. The van der Waals surface area contributed by atoms with Crippen molar-refractivity contribution >= 4 is 23.5 Å². The highest BCUT2D eigenvalue weighted by Gasteiger charge is 2.24. The molecule has 0 atom stereocenters. The van der Waals surface area contributed by atoms with E-state index in [-0.39, 0.29) is 0 Å². The number of hydrogen-bond acceptors (Lipinski definition) is 4. The first-order valence-electron chi connectivity index (χ1n) is 9.63. The third kappa shape index (κ3) is 7.48. The van der Waals surface area contributed by atoms with Gasteiger partial charge in [0, 0.05) is 43.8 Å².